The number of carbonyl (C=O) groups is 2. The first-order valence-corrected chi connectivity index (χ1v) is 8.60. The highest BCUT2D eigenvalue weighted by atomic mass is 79.9. The Hall–Kier alpha value is -2.31. The Morgan fingerprint density at radius 3 is 2.76 bits per heavy atom. The average molecular weight is 422 g/mol. The minimum Gasteiger partial charge on any atom is -0.506 e. The lowest BCUT2D eigenvalue weighted by atomic mass is 10.1. The van der Waals surface area contributed by atoms with Gasteiger partial charge in [-0.1, -0.05) is 57.4 Å². The van der Waals surface area contributed by atoms with E-state index in [9.17, 15) is 14.7 Å². The monoisotopic (exact) mass is 420 g/mol. The second kappa shape index (κ2) is 6.90. The maximum atomic E-state index is 12.5. The zero-order valence-corrected chi connectivity index (χ0v) is 15.6. The summed E-state index contributed by atoms with van der Waals surface area (Å²) in [4.78, 5) is 25.8. The fourth-order valence-electron chi connectivity index (χ4n) is 2.56. The van der Waals surface area contributed by atoms with Crippen LogP contribution in [0.25, 0.3) is 6.08 Å². The molecule has 1 fully saturated rings. The van der Waals surface area contributed by atoms with Crippen molar-refractivity contribution in [3.05, 3.63) is 68.3 Å². The summed E-state index contributed by atoms with van der Waals surface area (Å²) in [7, 11) is 0. The van der Waals surface area contributed by atoms with Gasteiger partial charge in [0.2, 0.25) is 0 Å². The van der Waals surface area contributed by atoms with E-state index >= 15 is 0 Å². The van der Waals surface area contributed by atoms with Crippen molar-refractivity contribution < 1.29 is 14.7 Å². The van der Waals surface area contributed by atoms with Crippen molar-refractivity contribution in [2.24, 2.45) is 0 Å². The van der Waals surface area contributed by atoms with Crippen molar-refractivity contribution in [2.45, 2.75) is 13.5 Å². The summed E-state index contributed by atoms with van der Waals surface area (Å²) in [6.07, 6.45) is 1.41. The number of benzene rings is 2. The molecule has 2 N–H and O–H groups in total. The molecule has 5 nitrogen and oxygen atoms in total. The predicted octanol–water partition coefficient (Wildman–Crippen LogP) is 4.21. The number of aryl methyl sites for hydroxylation is 1. The summed E-state index contributed by atoms with van der Waals surface area (Å²) in [5.74, 6) is -0.612. The van der Waals surface area contributed by atoms with Crippen LogP contribution >= 0.6 is 27.5 Å². The van der Waals surface area contributed by atoms with Crippen LogP contribution < -0.4 is 5.32 Å². The number of phenols is 1. The second-order valence-corrected chi connectivity index (χ2v) is 7.02. The van der Waals surface area contributed by atoms with E-state index in [1.165, 1.54) is 12.1 Å². The van der Waals surface area contributed by atoms with Crippen molar-refractivity contribution in [1.29, 1.82) is 0 Å². The van der Waals surface area contributed by atoms with Crippen molar-refractivity contribution in [2.75, 3.05) is 0 Å². The molecule has 7 heteroatoms. The van der Waals surface area contributed by atoms with Crippen LogP contribution in [0.5, 0.6) is 5.75 Å². The molecule has 0 atom stereocenters. The summed E-state index contributed by atoms with van der Waals surface area (Å²) in [6.45, 7) is 2.12. The van der Waals surface area contributed by atoms with Gasteiger partial charge < -0.3 is 10.4 Å². The van der Waals surface area contributed by atoms with Gasteiger partial charge in [-0.15, -0.1) is 0 Å². The molecular formula is C18H14BrClN2O3. The van der Waals surface area contributed by atoms with Crippen molar-refractivity contribution in [3.63, 3.8) is 0 Å². The smallest absolute Gasteiger partial charge is 0.329 e. The maximum absolute atomic E-state index is 12.5. The molecule has 1 saturated heterocycles. The largest absolute Gasteiger partial charge is 0.506 e. The van der Waals surface area contributed by atoms with Crippen LogP contribution in [-0.2, 0) is 11.3 Å². The normalized spacial score (nSPS) is 15.8. The molecule has 2 aromatic carbocycles. The number of rotatable bonds is 3. The first kappa shape index (κ1) is 17.5. The van der Waals surface area contributed by atoms with Gasteiger partial charge in [0, 0.05) is 10.0 Å². The van der Waals surface area contributed by atoms with Crippen LogP contribution in [0.15, 0.2) is 46.6 Å². The zero-order chi connectivity index (χ0) is 18.1. The Balaban J connectivity index is 1.89. The number of hydrogen-bond donors (Lipinski definition) is 2. The Morgan fingerprint density at radius 1 is 1.28 bits per heavy atom. The highest BCUT2D eigenvalue weighted by Gasteiger charge is 2.33. The van der Waals surface area contributed by atoms with Crippen LogP contribution in [-0.4, -0.2) is 21.9 Å². The van der Waals surface area contributed by atoms with Crippen molar-refractivity contribution in [3.8, 4) is 5.75 Å². The molecule has 0 saturated carbocycles. The molecule has 2 aromatic rings. The van der Waals surface area contributed by atoms with E-state index in [-0.39, 0.29) is 23.0 Å². The van der Waals surface area contributed by atoms with Crippen LogP contribution in [0.1, 0.15) is 16.7 Å². The van der Waals surface area contributed by atoms with Crippen LogP contribution in [0.4, 0.5) is 4.79 Å². The summed E-state index contributed by atoms with van der Waals surface area (Å²) in [5, 5.41) is 12.7. The minimum atomic E-state index is -0.502. The lowest BCUT2D eigenvalue weighted by Crippen LogP contribution is -2.30. The molecule has 0 unspecified atom stereocenters. The summed E-state index contributed by atoms with van der Waals surface area (Å²) in [5.41, 5.74) is 2.33. The van der Waals surface area contributed by atoms with Gasteiger partial charge in [0.05, 0.1) is 11.6 Å². The number of amides is 3. The number of aromatic hydroxyl groups is 1. The average Bonchev–Trinajstić information content (AvgIpc) is 2.80. The molecular weight excluding hydrogens is 408 g/mol. The number of nitrogens with zero attached hydrogens (tertiary/aromatic N) is 1. The van der Waals surface area contributed by atoms with Gasteiger partial charge in [-0.25, -0.2) is 4.79 Å². The van der Waals surface area contributed by atoms with Crippen LogP contribution in [0, 0.1) is 6.92 Å². The van der Waals surface area contributed by atoms with E-state index in [1.807, 2.05) is 31.2 Å². The molecule has 25 heavy (non-hydrogen) atoms. The van der Waals surface area contributed by atoms with Gasteiger partial charge in [0.1, 0.15) is 11.4 Å². The second-order valence-electron chi connectivity index (χ2n) is 5.69. The number of urea groups is 1. The Bertz CT molecular complexity index is 911. The third-order valence-electron chi connectivity index (χ3n) is 3.74. The molecule has 1 aliphatic heterocycles. The Kier molecular flexibility index (Phi) is 4.83. The molecule has 1 heterocycles. The first-order chi connectivity index (χ1) is 11.8. The molecule has 0 bridgehead atoms. The van der Waals surface area contributed by atoms with Crippen molar-refractivity contribution >= 4 is 45.5 Å². The molecule has 3 amide bonds. The highest BCUT2D eigenvalue weighted by molar-refractivity contribution is 9.10. The number of carbonyl (C=O) groups excluding carboxylic acids is 2. The van der Waals surface area contributed by atoms with Gasteiger partial charge in [-0.3, -0.25) is 9.69 Å². The standard InChI is InChI=1S/C18H14BrClN2O3/c1-10-3-2-4-11(5-10)9-22-17(24)15(21-18(22)25)7-12-6-13(19)8-14(20)16(12)23/h2-8,23H,9H2,1H3,(H,21,25)/b15-7-. The van der Waals surface area contributed by atoms with Gasteiger partial charge in [-0.05, 0) is 30.7 Å². The molecule has 1 aliphatic rings. The maximum Gasteiger partial charge on any atom is 0.329 e. The molecule has 0 spiro atoms. The number of nitrogens with one attached hydrogen (secondary N) is 1. The number of hydrogen-bond acceptors (Lipinski definition) is 3. The quantitative estimate of drug-likeness (QED) is 0.576. The minimum absolute atomic E-state index is 0.0853. The fraction of sp³-hybridized carbons (Fsp3) is 0.111. The number of phenolic OH excluding ortho intramolecular Hbond substituents is 1. The van der Waals surface area contributed by atoms with Gasteiger partial charge in [0.15, 0.2) is 0 Å². The third kappa shape index (κ3) is 3.70. The number of halogens is 2. The van der Waals surface area contributed by atoms with Crippen LogP contribution in [0.2, 0.25) is 5.02 Å². The summed E-state index contributed by atoms with van der Waals surface area (Å²) >= 11 is 9.21. The van der Waals surface area contributed by atoms with Gasteiger partial charge in [-0.2, -0.15) is 0 Å². The van der Waals surface area contributed by atoms with Gasteiger partial charge >= 0.3 is 6.03 Å². The Morgan fingerprint density at radius 2 is 2.04 bits per heavy atom. The predicted molar refractivity (Wildman–Crippen MR) is 99.1 cm³/mol. The molecule has 128 valence electrons. The summed E-state index contributed by atoms with van der Waals surface area (Å²) < 4.78 is 0.649. The van der Waals surface area contributed by atoms with Crippen molar-refractivity contribution in [1.82, 2.24) is 10.2 Å². The molecule has 3 rings (SSSR count). The third-order valence-corrected chi connectivity index (χ3v) is 4.49. The van der Waals surface area contributed by atoms with E-state index < -0.39 is 11.9 Å². The first-order valence-electron chi connectivity index (χ1n) is 7.43. The van der Waals surface area contributed by atoms with E-state index in [1.54, 1.807) is 6.07 Å². The Labute approximate surface area is 158 Å². The molecule has 0 radical (unpaired) electrons. The fourth-order valence-corrected chi connectivity index (χ4v) is 3.39. The summed E-state index contributed by atoms with van der Waals surface area (Å²) in [6, 6.07) is 10.2. The lowest BCUT2D eigenvalue weighted by Gasteiger charge is -2.12. The van der Waals surface area contributed by atoms with E-state index in [4.69, 9.17) is 11.6 Å². The topological polar surface area (TPSA) is 69.6 Å². The van der Waals surface area contributed by atoms with E-state index in [2.05, 4.69) is 21.2 Å². The SMILES string of the molecule is Cc1cccc(CN2C(=O)N/C(=C\c3cc(Br)cc(Cl)c3O)C2=O)c1. The zero-order valence-electron chi connectivity index (χ0n) is 13.2. The van der Waals surface area contributed by atoms with Gasteiger partial charge in [0.25, 0.3) is 5.91 Å². The van der Waals surface area contributed by atoms with E-state index in [0.717, 1.165) is 16.0 Å². The highest BCUT2D eigenvalue weighted by Crippen LogP contribution is 2.33. The van der Waals surface area contributed by atoms with Crippen LogP contribution in [0.3, 0.4) is 0 Å². The number of imide groups is 1. The van der Waals surface area contributed by atoms with E-state index in [0.29, 0.717) is 10.0 Å². The molecule has 0 aliphatic carbocycles. The lowest BCUT2D eigenvalue weighted by molar-refractivity contribution is -0.123. The molecule has 0 aromatic heterocycles.